The second-order valence-corrected chi connectivity index (χ2v) is 9.02. The van der Waals surface area contributed by atoms with E-state index < -0.39 is 20.1 Å². The molecule has 1 atom stereocenters. The van der Waals surface area contributed by atoms with Crippen molar-refractivity contribution in [3.8, 4) is 0 Å². The van der Waals surface area contributed by atoms with Gasteiger partial charge in [0.05, 0.1) is 16.0 Å². The minimum atomic E-state index is -3.23. The summed E-state index contributed by atoms with van der Waals surface area (Å²) >= 11 is 0. The molecule has 1 aliphatic carbocycles. The average Bonchev–Trinajstić information content (AvgIpc) is 2.95. The third kappa shape index (κ3) is 3.28. The first-order chi connectivity index (χ1) is 7.48. The summed E-state index contributed by atoms with van der Waals surface area (Å²) in [6.07, 6.45) is 1.98. The van der Waals surface area contributed by atoms with Gasteiger partial charge in [0.2, 0.25) is 0 Å². The lowest BCUT2D eigenvalue weighted by Crippen LogP contribution is -2.48. The van der Waals surface area contributed by atoms with Gasteiger partial charge in [-0.25, -0.2) is 8.42 Å². The van der Waals surface area contributed by atoms with Gasteiger partial charge in [-0.2, -0.15) is 0 Å². The van der Waals surface area contributed by atoms with Crippen LogP contribution in [0, 0.1) is 5.92 Å². The third-order valence-corrected chi connectivity index (χ3v) is 6.16. The average molecular weight is 261 g/mol. The van der Waals surface area contributed by atoms with E-state index >= 15 is 0 Å². The van der Waals surface area contributed by atoms with E-state index in [0.29, 0.717) is 0 Å². The van der Waals surface area contributed by atoms with Crippen LogP contribution >= 0.6 is 0 Å². The van der Waals surface area contributed by atoms with Crippen LogP contribution in [0.1, 0.15) is 47.0 Å². The van der Waals surface area contributed by atoms with Gasteiger partial charge in [0.1, 0.15) is 0 Å². The van der Waals surface area contributed by atoms with Crippen molar-refractivity contribution in [2.24, 2.45) is 11.7 Å². The molecule has 17 heavy (non-hydrogen) atoms. The smallest absolute Gasteiger partial charge is 0.155 e. The van der Waals surface area contributed by atoms with Crippen molar-refractivity contribution in [1.82, 2.24) is 0 Å². The zero-order valence-electron chi connectivity index (χ0n) is 11.1. The molecule has 1 unspecified atom stereocenters. The van der Waals surface area contributed by atoms with Crippen LogP contribution in [0.4, 0.5) is 0 Å². The van der Waals surface area contributed by atoms with Gasteiger partial charge in [0.25, 0.3) is 0 Å². The Bertz CT molecular complexity index is 400. The maximum Gasteiger partial charge on any atom is 0.155 e. The summed E-state index contributed by atoms with van der Waals surface area (Å²) in [5.74, 6) is 0.00893. The molecule has 0 aromatic heterocycles. The van der Waals surface area contributed by atoms with Gasteiger partial charge in [-0.3, -0.25) is 4.79 Å². The van der Waals surface area contributed by atoms with Crippen molar-refractivity contribution < 1.29 is 13.2 Å². The molecule has 100 valence electrons. The molecule has 0 aliphatic heterocycles. The second-order valence-electron chi connectivity index (χ2n) is 6.16. The molecule has 0 aromatic rings. The standard InChI is InChI=1S/C12H23NO3S/c1-11(2,3)17(15,16)8-7-10(14)12(4,13)9-5-6-9/h9H,5-8,13H2,1-4H3. The first-order valence-electron chi connectivity index (χ1n) is 6.03. The van der Waals surface area contributed by atoms with Crippen molar-refractivity contribution >= 4 is 15.6 Å². The first-order valence-corrected chi connectivity index (χ1v) is 7.68. The van der Waals surface area contributed by atoms with Gasteiger partial charge in [-0.1, -0.05) is 0 Å². The topological polar surface area (TPSA) is 77.2 Å². The molecule has 1 saturated carbocycles. The fraction of sp³-hybridized carbons (Fsp3) is 0.917. The molecule has 1 rings (SSSR count). The molecule has 2 N–H and O–H groups in total. The Labute approximate surface area is 104 Å². The molecule has 1 aliphatic rings. The molecule has 0 heterocycles. The van der Waals surface area contributed by atoms with Crippen LogP contribution < -0.4 is 5.73 Å². The molecular formula is C12H23NO3S. The summed E-state index contributed by atoms with van der Waals surface area (Å²) in [5, 5.41) is 0. The quantitative estimate of drug-likeness (QED) is 0.809. The Hall–Kier alpha value is -0.420. The summed E-state index contributed by atoms with van der Waals surface area (Å²) in [6.45, 7) is 6.66. The van der Waals surface area contributed by atoms with Crippen LogP contribution in [0.25, 0.3) is 0 Å². The van der Waals surface area contributed by atoms with E-state index in [1.807, 2.05) is 0 Å². The van der Waals surface area contributed by atoms with E-state index in [1.165, 1.54) is 0 Å². The summed E-state index contributed by atoms with van der Waals surface area (Å²) in [4.78, 5) is 11.9. The van der Waals surface area contributed by atoms with Crippen LogP contribution in [0.15, 0.2) is 0 Å². The van der Waals surface area contributed by atoms with Crippen molar-refractivity contribution in [3.63, 3.8) is 0 Å². The highest BCUT2D eigenvalue weighted by molar-refractivity contribution is 7.92. The highest BCUT2D eigenvalue weighted by atomic mass is 32.2. The molecule has 4 nitrogen and oxygen atoms in total. The van der Waals surface area contributed by atoms with Crippen LogP contribution in [0.2, 0.25) is 0 Å². The second kappa shape index (κ2) is 4.35. The zero-order chi connectivity index (χ0) is 13.5. The maximum atomic E-state index is 11.9. The van der Waals surface area contributed by atoms with Gasteiger partial charge in [0, 0.05) is 6.42 Å². The van der Waals surface area contributed by atoms with Gasteiger partial charge in [0.15, 0.2) is 15.6 Å². The van der Waals surface area contributed by atoms with E-state index in [1.54, 1.807) is 27.7 Å². The van der Waals surface area contributed by atoms with Crippen LogP contribution in [0.5, 0.6) is 0 Å². The molecule has 0 spiro atoms. The molecule has 0 aromatic carbocycles. The van der Waals surface area contributed by atoms with Gasteiger partial charge < -0.3 is 5.73 Å². The largest absolute Gasteiger partial charge is 0.319 e. The summed E-state index contributed by atoms with van der Waals surface area (Å²) < 4.78 is 22.9. The minimum Gasteiger partial charge on any atom is -0.319 e. The molecule has 5 heteroatoms. The lowest BCUT2D eigenvalue weighted by molar-refractivity contribution is -0.123. The number of nitrogens with two attached hydrogens (primary N) is 1. The van der Waals surface area contributed by atoms with Crippen LogP contribution in [-0.2, 0) is 14.6 Å². The summed E-state index contributed by atoms with van der Waals surface area (Å²) in [6, 6.07) is 0. The van der Waals surface area contributed by atoms with Gasteiger partial charge in [-0.05, 0) is 46.5 Å². The SMILES string of the molecule is CC(N)(C(=O)CCS(=O)(=O)C(C)(C)C)C1CC1. The fourth-order valence-corrected chi connectivity index (χ4v) is 2.78. The monoisotopic (exact) mass is 261 g/mol. The number of hydrogen-bond donors (Lipinski definition) is 1. The predicted octanol–water partition coefficient (Wildman–Crippen LogP) is 1.29. The third-order valence-electron chi connectivity index (χ3n) is 3.56. The number of sulfone groups is 1. The van der Waals surface area contributed by atoms with E-state index in [9.17, 15) is 13.2 Å². The van der Waals surface area contributed by atoms with Crippen molar-refractivity contribution in [1.29, 1.82) is 0 Å². The highest BCUT2D eigenvalue weighted by Gasteiger charge is 2.44. The normalized spacial score (nSPS) is 21.0. The van der Waals surface area contributed by atoms with Crippen molar-refractivity contribution in [3.05, 3.63) is 0 Å². The number of Topliss-reactive ketones (excluding diaryl/α,β-unsaturated/α-hetero) is 1. The number of rotatable bonds is 5. The Morgan fingerprint density at radius 1 is 1.24 bits per heavy atom. The number of ketones is 1. The zero-order valence-corrected chi connectivity index (χ0v) is 11.9. The lowest BCUT2D eigenvalue weighted by Gasteiger charge is -2.24. The van der Waals surface area contributed by atoms with Crippen LogP contribution in [0.3, 0.4) is 0 Å². The first kappa shape index (κ1) is 14.6. The van der Waals surface area contributed by atoms with E-state index in [0.717, 1.165) is 12.8 Å². The Morgan fingerprint density at radius 2 is 1.71 bits per heavy atom. The number of hydrogen-bond acceptors (Lipinski definition) is 4. The van der Waals surface area contributed by atoms with Gasteiger partial charge in [-0.15, -0.1) is 0 Å². The molecule has 0 bridgehead atoms. The molecule has 1 fully saturated rings. The Balaban J connectivity index is 2.60. The Kier molecular flexibility index (Phi) is 3.75. The maximum absolute atomic E-state index is 11.9. The summed E-state index contributed by atoms with van der Waals surface area (Å²) in [5.41, 5.74) is 5.12. The Morgan fingerprint density at radius 3 is 2.06 bits per heavy atom. The van der Waals surface area contributed by atoms with Crippen molar-refractivity contribution in [2.75, 3.05) is 5.75 Å². The van der Waals surface area contributed by atoms with E-state index in [2.05, 4.69) is 0 Å². The van der Waals surface area contributed by atoms with E-state index in [4.69, 9.17) is 5.73 Å². The lowest BCUT2D eigenvalue weighted by atomic mass is 9.90. The van der Waals surface area contributed by atoms with Crippen molar-refractivity contribution in [2.45, 2.75) is 57.2 Å². The minimum absolute atomic E-state index is 0.0309. The fourth-order valence-electron chi connectivity index (χ4n) is 1.71. The highest BCUT2D eigenvalue weighted by Crippen LogP contribution is 2.39. The number of carbonyl (C=O) groups excluding carboxylic acids is 1. The number of carbonyl (C=O) groups is 1. The summed E-state index contributed by atoms with van der Waals surface area (Å²) in [7, 11) is -3.23. The molecule has 0 radical (unpaired) electrons. The molecular weight excluding hydrogens is 238 g/mol. The predicted molar refractivity (Wildman–Crippen MR) is 68.5 cm³/mol. The molecule has 0 saturated heterocycles. The van der Waals surface area contributed by atoms with E-state index in [-0.39, 0.29) is 23.9 Å². The van der Waals surface area contributed by atoms with Gasteiger partial charge >= 0.3 is 0 Å². The van der Waals surface area contributed by atoms with Crippen LogP contribution in [-0.4, -0.2) is 30.2 Å². The molecule has 0 amide bonds.